The number of nitrogens with two attached hydrogens (primary N) is 1. The number of nitrogens with zero attached hydrogens (tertiary/aromatic N) is 2. The number of fused-ring (bicyclic) bond motifs is 1. The third-order valence-corrected chi connectivity index (χ3v) is 1.98. The Bertz CT molecular complexity index is 473. The van der Waals surface area contributed by atoms with Crippen molar-refractivity contribution in [2.45, 2.75) is 6.92 Å². The van der Waals surface area contributed by atoms with Crippen LogP contribution < -0.4 is 5.73 Å². The van der Waals surface area contributed by atoms with Crippen LogP contribution in [0.1, 0.15) is 16.1 Å². The van der Waals surface area contributed by atoms with E-state index in [2.05, 4.69) is 4.98 Å². The molecule has 0 unspecified atom stereocenters. The number of aromatic nitrogens is 2. The lowest BCUT2D eigenvalue weighted by Gasteiger charge is -1.98. The Morgan fingerprint density at radius 2 is 2.38 bits per heavy atom. The third kappa shape index (κ3) is 1.07. The average Bonchev–Trinajstić information content (AvgIpc) is 2.48. The topological polar surface area (TPSA) is 60.4 Å². The van der Waals surface area contributed by atoms with E-state index in [4.69, 9.17) is 5.73 Å². The number of pyridine rings is 1. The van der Waals surface area contributed by atoms with Crippen LogP contribution in [0.15, 0.2) is 24.5 Å². The molecule has 2 rings (SSSR count). The normalized spacial score (nSPS) is 10.5. The van der Waals surface area contributed by atoms with Crippen LogP contribution in [-0.4, -0.2) is 15.3 Å². The zero-order valence-corrected chi connectivity index (χ0v) is 7.19. The molecule has 0 radical (unpaired) electrons. The third-order valence-electron chi connectivity index (χ3n) is 1.98. The number of hydrogen-bond donors (Lipinski definition) is 1. The van der Waals surface area contributed by atoms with Gasteiger partial charge in [-0.1, -0.05) is 6.07 Å². The van der Waals surface area contributed by atoms with Crippen LogP contribution in [0.2, 0.25) is 0 Å². The van der Waals surface area contributed by atoms with Gasteiger partial charge in [-0.25, -0.2) is 4.98 Å². The Morgan fingerprint density at radius 1 is 1.62 bits per heavy atom. The molecule has 0 aliphatic rings. The first-order valence-electron chi connectivity index (χ1n) is 3.92. The fraction of sp³-hybridized carbons (Fsp3) is 0.111. The van der Waals surface area contributed by atoms with Crippen molar-refractivity contribution in [1.82, 2.24) is 9.38 Å². The number of aryl methyl sites for hydroxylation is 1. The van der Waals surface area contributed by atoms with Crippen molar-refractivity contribution in [1.29, 1.82) is 0 Å². The molecule has 0 aromatic carbocycles. The molecule has 0 aliphatic carbocycles. The van der Waals surface area contributed by atoms with E-state index in [1.54, 1.807) is 10.6 Å². The highest BCUT2D eigenvalue weighted by molar-refractivity contribution is 5.91. The van der Waals surface area contributed by atoms with Gasteiger partial charge >= 0.3 is 0 Å². The van der Waals surface area contributed by atoms with Crippen molar-refractivity contribution in [3.05, 3.63) is 35.8 Å². The largest absolute Gasteiger partial charge is 0.364 e. The highest BCUT2D eigenvalue weighted by atomic mass is 16.1. The lowest BCUT2D eigenvalue weighted by molar-refractivity contribution is 0.0995. The minimum Gasteiger partial charge on any atom is -0.364 e. The molecule has 0 saturated heterocycles. The van der Waals surface area contributed by atoms with Gasteiger partial charge in [0.15, 0.2) is 0 Å². The molecule has 2 N–H and O–H groups in total. The molecule has 4 nitrogen and oxygen atoms in total. The van der Waals surface area contributed by atoms with Gasteiger partial charge in [-0.05, 0) is 18.6 Å². The molecule has 0 fully saturated rings. The highest BCUT2D eigenvalue weighted by Gasteiger charge is 2.08. The van der Waals surface area contributed by atoms with Crippen molar-refractivity contribution in [3.8, 4) is 0 Å². The van der Waals surface area contributed by atoms with Gasteiger partial charge in [-0.2, -0.15) is 0 Å². The zero-order valence-electron chi connectivity index (χ0n) is 7.19. The quantitative estimate of drug-likeness (QED) is 0.694. The monoisotopic (exact) mass is 175 g/mol. The summed E-state index contributed by atoms with van der Waals surface area (Å²) in [6.45, 7) is 1.94. The van der Waals surface area contributed by atoms with E-state index in [0.717, 1.165) is 11.2 Å². The summed E-state index contributed by atoms with van der Waals surface area (Å²) in [6, 6.07) is 3.80. The van der Waals surface area contributed by atoms with Crippen LogP contribution in [0.5, 0.6) is 0 Å². The lowest BCUT2D eigenvalue weighted by Crippen LogP contribution is -2.13. The molecule has 0 bridgehead atoms. The fourth-order valence-electron chi connectivity index (χ4n) is 1.33. The Labute approximate surface area is 75.0 Å². The number of primary amides is 1. The van der Waals surface area contributed by atoms with Crippen molar-refractivity contribution in [3.63, 3.8) is 0 Å². The predicted molar refractivity (Wildman–Crippen MR) is 48.4 cm³/mol. The van der Waals surface area contributed by atoms with Gasteiger partial charge in [-0.15, -0.1) is 0 Å². The van der Waals surface area contributed by atoms with Gasteiger partial charge in [0.05, 0.1) is 6.20 Å². The van der Waals surface area contributed by atoms with Crippen LogP contribution in [0.3, 0.4) is 0 Å². The molecule has 0 atom stereocenters. The first-order chi connectivity index (χ1) is 6.20. The number of rotatable bonds is 1. The molecule has 4 heteroatoms. The fourth-order valence-corrected chi connectivity index (χ4v) is 1.33. The standard InChI is InChI=1S/C9H9N3O/c1-6-3-2-4-12-7(8(10)13)5-11-9(6)12/h2-5H,1H3,(H2,10,13). The Balaban J connectivity index is 2.83. The van der Waals surface area contributed by atoms with Crippen LogP contribution in [0.4, 0.5) is 0 Å². The van der Waals surface area contributed by atoms with Crippen LogP contribution in [0.25, 0.3) is 5.65 Å². The molecule has 2 heterocycles. The molecule has 13 heavy (non-hydrogen) atoms. The summed E-state index contributed by atoms with van der Waals surface area (Å²) in [6.07, 6.45) is 3.26. The molecular formula is C9H9N3O. The molecular weight excluding hydrogens is 166 g/mol. The van der Waals surface area contributed by atoms with Gasteiger partial charge in [0.2, 0.25) is 0 Å². The zero-order chi connectivity index (χ0) is 9.42. The smallest absolute Gasteiger partial charge is 0.267 e. The number of amides is 1. The average molecular weight is 175 g/mol. The van der Waals surface area contributed by atoms with Crippen molar-refractivity contribution < 1.29 is 4.79 Å². The van der Waals surface area contributed by atoms with Crippen molar-refractivity contribution >= 4 is 11.6 Å². The van der Waals surface area contributed by atoms with E-state index in [-0.39, 0.29) is 0 Å². The van der Waals surface area contributed by atoms with Crippen molar-refractivity contribution in [2.24, 2.45) is 5.73 Å². The number of carbonyl (C=O) groups excluding carboxylic acids is 1. The van der Waals surface area contributed by atoms with Gasteiger partial charge in [0.25, 0.3) is 5.91 Å². The summed E-state index contributed by atoms with van der Waals surface area (Å²) in [4.78, 5) is 15.1. The van der Waals surface area contributed by atoms with E-state index >= 15 is 0 Å². The first-order valence-corrected chi connectivity index (χ1v) is 3.92. The molecule has 1 amide bonds. The maximum atomic E-state index is 10.9. The maximum absolute atomic E-state index is 10.9. The SMILES string of the molecule is Cc1cccn2c(C(N)=O)cnc12. The maximum Gasteiger partial charge on any atom is 0.267 e. The van der Waals surface area contributed by atoms with Gasteiger partial charge in [0, 0.05) is 6.20 Å². The van der Waals surface area contributed by atoms with Crippen molar-refractivity contribution in [2.75, 3.05) is 0 Å². The molecule has 0 spiro atoms. The molecule has 2 aromatic rings. The molecule has 66 valence electrons. The number of hydrogen-bond acceptors (Lipinski definition) is 2. The van der Waals surface area contributed by atoms with Gasteiger partial charge in [0.1, 0.15) is 11.3 Å². The minimum absolute atomic E-state index is 0.415. The summed E-state index contributed by atoms with van der Waals surface area (Å²) in [5, 5.41) is 0. The first kappa shape index (κ1) is 7.79. The van der Waals surface area contributed by atoms with E-state index in [1.165, 1.54) is 6.20 Å². The number of imidazole rings is 1. The molecule has 0 aliphatic heterocycles. The second kappa shape index (κ2) is 2.58. The summed E-state index contributed by atoms with van der Waals surface area (Å²) >= 11 is 0. The van der Waals surface area contributed by atoms with E-state index < -0.39 is 5.91 Å². The van der Waals surface area contributed by atoms with E-state index in [0.29, 0.717) is 5.69 Å². The van der Waals surface area contributed by atoms with E-state index in [9.17, 15) is 4.79 Å². The minimum atomic E-state index is -0.460. The lowest BCUT2D eigenvalue weighted by atomic mass is 10.3. The van der Waals surface area contributed by atoms with Crippen LogP contribution in [-0.2, 0) is 0 Å². The van der Waals surface area contributed by atoms with Crippen LogP contribution >= 0.6 is 0 Å². The second-order valence-electron chi connectivity index (χ2n) is 2.89. The van der Waals surface area contributed by atoms with Gasteiger partial charge < -0.3 is 5.73 Å². The summed E-state index contributed by atoms with van der Waals surface area (Å²) in [5.41, 5.74) is 7.39. The predicted octanol–water partition coefficient (Wildman–Crippen LogP) is 0.742. The summed E-state index contributed by atoms with van der Waals surface area (Å²) < 4.78 is 1.69. The highest BCUT2D eigenvalue weighted by Crippen LogP contribution is 2.09. The number of carbonyl (C=O) groups is 1. The Morgan fingerprint density at radius 3 is 3.08 bits per heavy atom. The van der Waals surface area contributed by atoms with Crippen LogP contribution in [0, 0.1) is 6.92 Å². The second-order valence-corrected chi connectivity index (χ2v) is 2.89. The summed E-state index contributed by atoms with van der Waals surface area (Å²) in [7, 11) is 0. The molecule has 0 saturated carbocycles. The molecule has 2 aromatic heterocycles. The van der Waals surface area contributed by atoms with Gasteiger partial charge in [-0.3, -0.25) is 9.20 Å². The Hall–Kier alpha value is -1.84. The summed E-state index contributed by atoms with van der Waals surface area (Å²) in [5.74, 6) is -0.460. The Kier molecular flexibility index (Phi) is 1.55. The van der Waals surface area contributed by atoms with E-state index in [1.807, 2.05) is 19.1 Å².